The summed E-state index contributed by atoms with van der Waals surface area (Å²) in [6.07, 6.45) is 0. The average molecular weight is 452 g/mol. The Balaban J connectivity index is 1.53. The molecule has 1 amide bonds. The normalized spacial score (nSPS) is 11.5. The van der Waals surface area contributed by atoms with Gasteiger partial charge < -0.3 is 9.73 Å². The van der Waals surface area contributed by atoms with E-state index in [9.17, 15) is 18.0 Å². The molecule has 0 fully saturated rings. The van der Waals surface area contributed by atoms with Gasteiger partial charge in [-0.2, -0.15) is 0 Å². The van der Waals surface area contributed by atoms with E-state index in [1.807, 2.05) is 55.5 Å². The SMILES string of the molecule is Cc1cccc(NC(=O)Cn2c(=O)oc3cc(S(=O)(=O)NCc4ccccc4)ccc32)c1. The van der Waals surface area contributed by atoms with Gasteiger partial charge in [0.15, 0.2) is 5.58 Å². The predicted octanol–water partition coefficient (Wildman–Crippen LogP) is 3.02. The molecule has 9 heteroatoms. The van der Waals surface area contributed by atoms with Gasteiger partial charge in [0.2, 0.25) is 15.9 Å². The molecular weight excluding hydrogens is 430 g/mol. The highest BCUT2D eigenvalue weighted by molar-refractivity contribution is 7.89. The van der Waals surface area contributed by atoms with Gasteiger partial charge in [0.1, 0.15) is 6.54 Å². The number of amides is 1. The number of anilines is 1. The van der Waals surface area contributed by atoms with Crippen LogP contribution >= 0.6 is 0 Å². The molecule has 2 N–H and O–H groups in total. The molecule has 0 bridgehead atoms. The smallest absolute Gasteiger partial charge is 0.408 e. The maximum Gasteiger partial charge on any atom is 0.420 e. The second-order valence-corrected chi connectivity index (χ2v) is 9.08. The van der Waals surface area contributed by atoms with Crippen LogP contribution in [0.25, 0.3) is 11.1 Å². The molecule has 0 unspecified atom stereocenters. The molecule has 3 aromatic carbocycles. The number of fused-ring (bicyclic) bond motifs is 1. The summed E-state index contributed by atoms with van der Waals surface area (Å²) in [5.41, 5.74) is 2.84. The van der Waals surface area contributed by atoms with Crippen LogP contribution in [0, 0.1) is 6.92 Å². The molecule has 4 rings (SSSR count). The van der Waals surface area contributed by atoms with Crippen LogP contribution in [-0.2, 0) is 27.9 Å². The van der Waals surface area contributed by atoms with E-state index in [0.717, 1.165) is 15.7 Å². The number of nitrogens with zero attached hydrogens (tertiary/aromatic N) is 1. The summed E-state index contributed by atoms with van der Waals surface area (Å²) in [6.45, 7) is 1.77. The lowest BCUT2D eigenvalue weighted by atomic mass is 10.2. The number of hydrogen-bond donors (Lipinski definition) is 2. The molecule has 8 nitrogen and oxygen atoms in total. The van der Waals surface area contributed by atoms with Crippen molar-refractivity contribution in [2.45, 2.75) is 24.9 Å². The van der Waals surface area contributed by atoms with Crippen molar-refractivity contribution in [2.24, 2.45) is 0 Å². The minimum atomic E-state index is -3.82. The number of nitrogens with one attached hydrogen (secondary N) is 2. The topological polar surface area (TPSA) is 110 Å². The van der Waals surface area contributed by atoms with Gasteiger partial charge in [0, 0.05) is 18.3 Å². The highest BCUT2D eigenvalue weighted by Gasteiger charge is 2.18. The van der Waals surface area contributed by atoms with Gasteiger partial charge in [-0.3, -0.25) is 9.36 Å². The van der Waals surface area contributed by atoms with Crippen LogP contribution < -0.4 is 15.8 Å². The van der Waals surface area contributed by atoms with Crippen molar-refractivity contribution < 1.29 is 17.6 Å². The molecule has 0 radical (unpaired) electrons. The third-order valence-electron chi connectivity index (χ3n) is 4.86. The van der Waals surface area contributed by atoms with E-state index >= 15 is 0 Å². The van der Waals surface area contributed by atoms with Crippen LogP contribution in [0.5, 0.6) is 0 Å². The molecule has 0 atom stereocenters. The number of benzene rings is 3. The lowest BCUT2D eigenvalue weighted by molar-refractivity contribution is -0.116. The standard InChI is InChI=1S/C23H21N3O5S/c1-16-6-5-9-18(12-16)25-22(27)15-26-20-11-10-19(13-21(20)31-23(26)28)32(29,30)24-14-17-7-3-2-4-8-17/h2-13,24H,14-15H2,1H3,(H,25,27). The summed E-state index contributed by atoms with van der Waals surface area (Å²) < 4.78 is 34.2. The number of sulfonamides is 1. The third-order valence-corrected chi connectivity index (χ3v) is 6.26. The van der Waals surface area contributed by atoms with Crippen molar-refractivity contribution in [3.63, 3.8) is 0 Å². The van der Waals surface area contributed by atoms with E-state index in [-0.39, 0.29) is 23.6 Å². The van der Waals surface area contributed by atoms with E-state index in [4.69, 9.17) is 4.42 Å². The maximum absolute atomic E-state index is 12.6. The Hall–Kier alpha value is -3.69. The fourth-order valence-electron chi connectivity index (χ4n) is 3.29. The van der Waals surface area contributed by atoms with Gasteiger partial charge in [-0.15, -0.1) is 0 Å². The van der Waals surface area contributed by atoms with Crippen molar-refractivity contribution in [1.82, 2.24) is 9.29 Å². The molecule has 0 saturated carbocycles. The van der Waals surface area contributed by atoms with Crippen LogP contribution in [0.4, 0.5) is 5.69 Å². The lowest BCUT2D eigenvalue weighted by Crippen LogP contribution is -2.25. The summed E-state index contributed by atoms with van der Waals surface area (Å²) in [5.74, 6) is -1.15. The molecule has 1 heterocycles. The van der Waals surface area contributed by atoms with Gasteiger partial charge in [-0.05, 0) is 42.3 Å². The van der Waals surface area contributed by atoms with Crippen molar-refractivity contribution in [3.05, 3.63) is 94.5 Å². The maximum atomic E-state index is 12.6. The fraction of sp³-hybridized carbons (Fsp3) is 0.130. The Morgan fingerprint density at radius 1 is 1.00 bits per heavy atom. The number of carbonyl (C=O) groups excluding carboxylic acids is 1. The summed E-state index contributed by atoms with van der Waals surface area (Å²) in [7, 11) is -3.82. The second-order valence-electron chi connectivity index (χ2n) is 7.31. The number of carbonyl (C=O) groups is 1. The number of hydrogen-bond acceptors (Lipinski definition) is 5. The summed E-state index contributed by atoms with van der Waals surface area (Å²) in [4.78, 5) is 24.7. The van der Waals surface area contributed by atoms with Crippen LogP contribution in [-0.4, -0.2) is 18.9 Å². The molecule has 0 saturated heterocycles. The first-order valence-corrected chi connectivity index (χ1v) is 11.3. The monoisotopic (exact) mass is 451 g/mol. The first-order chi connectivity index (χ1) is 15.3. The molecule has 0 aliphatic rings. The molecule has 164 valence electrons. The number of oxazole rings is 1. The summed E-state index contributed by atoms with van der Waals surface area (Å²) in [5, 5.41) is 2.73. The van der Waals surface area contributed by atoms with Crippen LogP contribution in [0.3, 0.4) is 0 Å². The quantitative estimate of drug-likeness (QED) is 0.449. The largest absolute Gasteiger partial charge is 0.420 e. The fourth-order valence-corrected chi connectivity index (χ4v) is 4.32. The van der Waals surface area contributed by atoms with Gasteiger partial charge in [0.05, 0.1) is 10.4 Å². The first-order valence-electron chi connectivity index (χ1n) is 9.85. The lowest BCUT2D eigenvalue weighted by Gasteiger charge is -2.08. The summed E-state index contributed by atoms with van der Waals surface area (Å²) >= 11 is 0. The van der Waals surface area contributed by atoms with Crippen LogP contribution in [0.1, 0.15) is 11.1 Å². The zero-order chi connectivity index (χ0) is 22.7. The van der Waals surface area contributed by atoms with Crippen molar-refractivity contribution in [3.8, 4) is 0 Å². The Bertz CT molecular complexity index is 1440. The van der Waals surface area contributed by atoms with Crippen LogP contribution in [0.15, 0.2) is 86.9 Å². The Labute approximate surface area is 184 Å². The molecular formula is C23H21N3O5S. The highest BCUT2D eigenvalue weighted by Crippen LogP contribution is 2.19. The molecule has 4 aromatic rings. The van der Waals surface area contributed by atoms with Crippen molar-refractivity contribution in [1.29, 1.82) is 0 Å². The predicted molar refractivity (Wildman–Crippen MR) is 121 cm³/mol. The first kappa shape index (κ1) is 21.5. The van der Waals surface area contributed by atoms with Gasteiger partial charge >= 0.3 is 5.76 Å². The van der Waals surface area contributed by atoms with E-state index in [1.54, 1.807) is 6.07 Å². The highest BCUT2D eigenvalue weighted by atomic mass is 32.2. The molecule has 0 aliphatic heterocycles. The van der Waals surface area contributed by atoms with Crippen molar-refractivity contribution in [2.75, 3.05) is 5.32 Å². The molecule has 0 spiro atoms. The average Bonchev–Trinajstić information content (AvgIpc) is 3.07. The minimum absolute atomic E-state index is 0.0361. The van der Waals surface area contributed by atoms with Crippen molar-refractivity contribution >= 4 is 32.7 Å². The second kappa shape index (κ2) is 8.81. The zero-order valence-electron chi connectivity index (χ0n) is 17.2. The van der Waals surface area contributed by atoms with E-state index < -0.39 is 21.7 Å². The van der Waals surface area contributed by atoms with E-state index in [1.165, 1.54) is 18.2 Å². The Kier molecular flexibility index (Phi) is 5.93. The van der Waals surface area contributed by atoms with Gasteiger partial charge in [0.25, 0.3) is 0 Å². The van der Waals surface area contributed by atoms with Gasteiger partial charge in [-0.25, -0.2) is 17.9 Å². The molecule has 0 aliphatic carbocycles. The summed E-state index contributed by atoms with van der Waals surface area (Å²) in [6, 6.07) is 20.5. The Morgan fingerprint density at radius 2 is 1.78 bits per heavy atom. The van der Waals surface area contributed by atoms with E-state index in [0.29, 0.717) is 11.2 Å². The minimum Gasteiger partial charge on any atom is -0.408 e. The number of aryl methyl sites for hydroxylation is 1. The van der Waals surface area contributed by atoms with Crippen LogP contribution in [0.2, 0.25) is 0 Å². The molecule has 1 aromatic heterocycles. The Morgan fingerprint density at radius 3 is 2.53 bits per heavy atom. The number of rotatable bonds is 7. The van der Waals surface area contributed by atoms with Gasteiger partial charge in [-0.1, -0.05) is 42.5 Å². The molecule has 32 heavy (non-hydrogen) atoms. The van der Waals surface area contributed by atoms with E-state index in [2.05, 4.69) is 10.0 Å². The zero-order valence-corrected chi connectivity index (χ0v) is 18.1. The number of aromatic nitrogens is 1. The third kappa shape index (κ3) is 4.79.